The van der Waals surface area contributed by atoms with Crippen molar-refractivity contribution in [3.05, 3.63) is 74.2 Å². The second kappa shape index (κ2) is 9.77. The largest absolute Gasteiger partial charge is 0.352 e. The summed E-state index contributed by atoms with van der Waals surface area (Å²) in [5, 5.41) is 15.4. The van der Waals surface area contributed by atoms with E-state index in [4.69, 9.17) is 11.6 Å². The summed E-state index contributed by atoms with van der Waals surface area (Å²) in [5.74, 6) is -0.324. The van der Waals surface area contributed by atoms with Crippen molar-refractivity contribution in [2.24, 2.45) is 0 Å². The van der Waals surface area contributed by atoms with Crippen molar-refractivity contribution < 1.29 is 9.59 Å². The van der Waals surface area contributed by atoms with Gasteiger partial charge in [0, 0.05) is 28.0 Å². The van der Waals surface area contributed by atoms with Crippen molar-refractivity contribution in [2.45, 2.75) is 12.8 Å². The molecule has 144 valence electrons. The van der Waals surface area contributed by atoms with Gasteiger partial charge in [-0.05, 0) is 35.9 Å². The van der Waals surface area contributed by atoms with Crippen LogP contribution in [0.5, 0.6) is 0 Å². The van der Waals surface area contributed by atoms with Gasteiger partial charge in [-0.2, -0.15) is 0 Å². The minimum absolute atomic E-state index is 0.151. The van der Waals surface area contributed by atoms with E-state index in [-0.39, 0.29) is 18.2 Å². The molecule has 0 aliphatic carbocycles. The summed E-state index contributed by atoms with van der Waals surface area (Å²) in [5.41, 5.74) is 1.45. The molecule has 1 aromatic heterocycles. The van der Waals surface area contributed by atoms with Crippen LogP contribution in [0, 0.1) is 0 Å². The third-order valence-electron chi connectivity index (χ3n) is 3.70. The number of benzene rings is 2. The molecule has 0 atom stereocenters. The Morgan fingerprint density at radius 1 is 1.11 bits per heavy atom. The second-order valence-corrected chi connectivity index (χ2v) is 8.28. The van der Waals surface area contributed by atoms with Crippen LogP contribution in [0.3, 0.4) is 0 Å². The maximum absolute atomic E-state index is 12.1. The molecule has 2 aromatic carbocycles. The lowest BCUT2D eigenvalue weighted by Gasteiger charge is -2.04. The van der Waals surface area contributed by atoms with Crippen molar-refractivity contribution in [2.75, 3.05) is 11.9 Å². The Bertz CT molecular complexity index is 978. The molecule has 0 bridgehead atoms. The van der Waals surface area contributed by atoms with Crippen LogP contribution in [-0.2, 0) is 17.6 Å². The standard InChI is InChI=1S/C19H16BrClN4O2S/c20-14-3-1-2-13(11-14)18(27)22-9-8-17-24-25-19(28-17)23-16(26)10-12-4-6-15(21)7-5-12/h1-7,11H,8-10H2,(H,22,27)(H,23,25,26). The molecular weight excluding hydrogens is 464 g/mol. The normalized spacial score (nSPS) is 10.5. The van der Waals surface area contributed by atoms with E-state index in [9.17, 15) is 9.59 Å². The van der Waals surface area contributed by atoms with E-state index in [2.05, 4.69) is 36.8 Å². The molecule has 1 heterocycles. The monoisotopic (exact) mass is 478 g/mol. The maximum Gasteiger partial charge on any atom is 0.251 e. The van der Waals surface area contributed by atoms with Crippen LogP contribution in [0.1, 0.15) is 20.9 Å². The number of rotatable bonds is 7. The van der Waals surface area contributed by atoms with Crippen LogP contribution < -0.4 is 10.6 Å². The molecule has 0 aliphatic heterocycles. The Labute approximate surface area is 179 Å². The van der Waals surface area contributed by atoms with E-state index in [1.165, 1.54) is 11.3 Å². The number of hydrogen-bond acceptors (Lipinski definition) is 5. The number of anilines is 1. The van der Waals surface area contributed by atoms with Crippen LogP contribution in [0.4, 0.5) is 5.13 Å². The third-order valence-corrected chi connectivity index (χ3v) is 5.35. The van der Waals surface area contributed by atoms with Gasteiger partial charge in [0.2, 0.25) is 11.0 Å². The summed E-state index contributed by atoms with van der Waals surface area (Å²) in [7, 11) is 0. The Morgan fingerprint density at radius 2 is 1.89 bits per heavy atom. The first-order valence-corrected chi connectivity index (χ1v) is 10.4. The maximum atomic E-state index is 12.1. The number of aromatic nitrogens is 2. The number of nitrogens with zero attached hydrogens (tertiary/aromatic N) is 2. The molecule has 0 radical (unpaired) electrons. The number of nitrogens with one attached hydrogen (secondary N) is 2. The highest BCUT2D eigenvalue weighted by Crippen LogP contribution is 2.17. The zero-order valence-electron chi connectivity index (χ0n) is 14.6. The molecule has 0 spiro atoms. The lowest BCUT2D eigenvalue weighted by atomic mass is 10.1. The fourth-order valence-electron chi connectivity index (χ4n) is 2.37. The zero-order chi connectivity index (χ0) is 19.9. The highest BCUT2D eigenvalue weighted by Gasteiger charge is 2.10. The molecule has 28 heavy (non-hydrogen) atoms. The highest BCUT2D eigenvalue weighted by molar-refractivity contribution is 9.10. The van der Waals surface area contributed by atoms with Crippen LogP contribution >= 0.6 is 38.9 Å². The number of carbonyl (C=O) groups is 2. The summed E-state index contributed by atoms with van der Waals surface area (Å²) in [4.78, 5) is 24.2. The summed E-state index contributed by atoms with van der Waals surface area (Å²) in [6.45, 7) is 0.429. The molecule has 0 aliphatic rings. The predicted molar refractivity (Wildman–Crippen MR) is 114 cm³/mol. The first-order chi connectivity index (χ1) is 13.5. The van der Waals surface area contributed by atoms with Gasteiger partial charge in [0.25, 0.3) is 5.91 Å². The Hall–Kier alpha value is -2.29. The Balaban J connectivity index is 1.45. The minimum atomic E-state index is -0.173. The van der Waals surface area contributed by atoms with Crippen molar-refractivity contribution in [1.82, 2.24) is 15.5 Å². The lowest BCUT2D eigenvalue weighted by molar-refractivity contribution is -0.115. The van der Waals surface area contributed by atoms with Crippen LogP contribution in [-0.4, -0.2) is 28.6 Å². The van der Waals surface area contributed by atoms with E-state index >= 15 is 0 Å². The molecule has 3 rings (SSSR count). The van der Waals surface area contributed by atoms with E-state index in [0.717, 1.165) is 15.0 Å². The second-order valence-electron chi connectivity index (χ2n) is 5.87. The van der Waals surface area contributed by atoms with Gasteiger partial charge in [0.15, 0.2) is 0 Å². The van der Waals surface area contributed by atoms with Crippen molar-refractivity contribution in [3.8, 4) is 0 Å². The SMILES string of the molecule is O=C(Cc1ccc(Cl)cc1)Nc1nnc(CCNC(=O)c2cccc(Br)c2)s1. The molecule has 9 heteroatoms. The molecule has 0 fully saturated rings. The van der Waals surface area contributed by atoms with Gasteiger partial charge in [-0.3, -0.25) is 9.59 Å². The highest BCUT2D eigenvalue weighted by atomic mass is 79.9. The summed E-state index contributed by atoms with van der Waals surface area (Å²) in [6, 6.07) is 14.3. The zero-order valence-corrected chi connectivity index (χ0v) is 17.8. The lowest BCUT2D eigenvalue weighted by Crippen LogP contribution is -2.25. The molecule has 0 saturated heterocycles. The topological polar surface area (TPSA) is 84.0 Å². The Morgan fingerprint density at radius 3 is 2.64 bits per heavy atom. The quantitative estimate of drug-likeness (QED) is 0.534. The molecule has 2 N–H and O–H groups in total. The van der Waals surface area contributed by atoms with Gasteiger partial charge >= 0.3 is 0 Å². The van der Waals surface area contributed by atoms with Gasteiger partial charge < -0.3 is 10.6 Å². The smallest absolute Gasteiger partial charge is 0.251 e. The van der Waals surface area contributed by atoms with E-state index < -0.39 is 0 Å². The number of carbonyl (C=O) groups excluding carboxylic acids is 2. The number of amides is 2. The first kappa shape index (κ1) is 20.4. The molecule has 2 amide bonds. The van der Waals surface area contributed by atoms with Crippen LogP contribution in [0.15, 0.2) is 53.0 Å². The third kappa shape index (κ3) is 6.12. The number of hydrogen-bond donors (Lipinski definition) is 2. The molecule has 0 unspecified atom stereocenters. The summed E-state index contributed by atoms with van der Waals surface area (Å²) >= 11 is 10.5. The fourth-order valence-corrected chi connectivity index (χ4v) is 3.65. The van der Waals surface area contributed by atoms with E-state index in [1.807, 2.05) is 12.1 Å². The molecule has 0 saturated carbocycles. The van der Waals surface area contributed by atoms with Gasteiger partial charge in [-0.15, -0.1) is 10.2 Å². The average molecular weight is 480 g/mol. The minimum Gasteiger partial charge on any atom is -0.352 e. The molecule has 6 nitrogen and oxygen atoms in total. The molecular formula is C19H16BrClN4O2S. The summed E-state index contributed by atoms with van der Waals surface area (Å²) in [6.07, 6.45) is 0.763. The van der Waals surface area contributed by atoms with Crippen molar-refractivity contribution in [1.29, 1.82) is 0 Å². The van der Waals surface area contributed by atoms with Crippen LogP contribution in [0.2, 0.25) is 5.02 Å². The average Bonchev–Trinajstić information content (AvgIpc) is 3.10. The van der Waals surface area contributed by atoms with E-state index in [1.54, 1.807) is 36.4 Å². The Kier molecular flexibility index (Phi) is 7.13. The molecule has 3 aromatic rings. The van der Waals surface area contributed by atoms with Gasteiger partial charge in [0.05, 0.1) is 6.42 Å². The van der Waals surface area contributed by atoms with Gasteiger partial charge in [-0.1, -0.05) is 57.1 Å². The van der Waals surface area contributed by atoms with Crippen LogP contribution in [0.25, 0.3) is 0 Å². The van der Waals surface area contributed by atoms with Crippen molar-refractivity contribution in [3.63, 3.8) is 0 Å². The number of halogens is 2. The predicted octanol–water partition coefficient (Wildman–Crippen LogP) is 4.11. The fraction of sp³-hybridized carbons (Fsp3) is 0.158. The summed E-state index contributed by atoms with van der Waals surface area (Å²) < 4.78 is 0.850. The van der Waals surface area contributed by atoms with Crippen molar-refractivity contribution >= 4 is 55.8 Å². The van der Waals surface area contributed by atoms with Gasteiger partial charge in [-0.25, -0.2) is 0 Å². The van der Waals surface area contributed by atoms with Gasteiger partial charge in [0.1, 0.15) is 5.01 Å². The first-order valence-electron chi connectivity index (χ1n) is 8.40. The van der Waals surface area contributed by atoms with E-state index in [0.29, 0.717) is 28.7 Å².